The van der Waals surface area contributed by atoms with Crippen molar-refractivity contribution in [2.45, 2.75) is 32.1 Å². The van der Waals surface area contributed by atoms with Crippen molar-refractivity contribution < 1.29 is 23.1 Å². The summed E-state index contributed by atoms with van der Waals surface area (Å²) < 4.78 is 23.6. The molecule has 6 nitrogen and oxygen atoms in total. The summed E-state index contributed by atoms with van der Waals surface area (Å²) in [6.07, 6.45) is 0.0577. The van der Waals surface area contributed by atoms with Gasteiger partial charge in [0.2, 0.25) is 5.91 Å². The van der Waals surface area contributed by atoms with Crippen LogP contribution in [0, 0.1) is 13.8 Å². The summed E-state index contributed by atoms with van der Waals surface area (Å²) in [6, 6.07) is 9.34. The number of carboxylic acids is 1. The molecule has 2 rings (SSSR count). The van der Waals surface area contributed by atoms with E-state index in [1.54, 1.807) is 39.0 Å². The monoisotopic (exact) mass is 375 g/mol. The highest BCUT2D eigenvalue weighted by atomic mass is 32.2. The highest BCUT2D eigenvalue weighted by Gasteiger charge is 2.14. The average Bonchev–Trinajstić information content (AvgIpc) is 2.57. The fraction of sp³-hybridized carbons (Fsp3) is 0.263. The number of rotatable bonds is 6. The molecular weight excluding hydrogens is 354 g/mol. The molecule has 0 atom stereocenters. The Kier molecular flexibility index (Phi) is 5.82. The van der Waals surface area contributed by atoms with Gasteiger partial charge in [-0.25, -0.2) is 13.2 Å². The van der Waals surface area contributed by atoms with Crippen molar-refractivity contribution in [2.24, 2.45) is 0 Å². The van der Waals surface area contributed by atoms with Crippen LogP contribution in [0.15, 0.2) is 41.3 Å². The van der Waals surface area contributed by atoms with E-state index >= 15 is 0 Å². The molecule has 138 valence electrons. The van der Waals surface area contributed by atoms with Gasteiger partial charge >= 0.3 is 5.97 Å². The minimum absolute atomic E-state index is 0.0193. The number of nitrogens with one attached hydrogen (secondary N) is 1. The smallest absolute Gasteiger partial charge is 0.336 e. The Balaban J connectivity index is 2.14. The molecule has 0 aliphatic heterocycles. The van der Waals surface area contributed by atoms with Gasteiger partial charge in [-0.3, -0.25) is 4.79 Å². The second kappa shape index (κ2) is 7.70. The van der Waals surface area contributed by atoms with Crippen molar-refractivity contribution in [1.29, 1.82) is 0 Å². The van der Waals surface area contributed by atoms with Crippen LogP contribution in [-0.2, 0) is 21.1 Å². The molecule has 26 heavy (non-hydrogen) atoms. The van der Waals surface area contributed by atoms with E-state index in [1.165, 1.54) is 18.2 Å². The van der Waals surface area contributed by atoms with E-state index < -0.39 is 15.8 Å². The van der Waals surface area contributed by atoms with Gasteiger partial charge < -0.3 is 10.4 Å². The van der Waals surface area contributed by atoms with Crippen LogP contribution >= 0.6 is 0 Å². The number of aromatic carboxylic acids is 1. The highest BCUT2D eigenvalue weighted by Crippen LogP contribution is 2.21. The van der Waals surface area contributed by atoms with Crippen LogP contribution in [0.4, 0.5) is 5.69 Å². The van der Waals surface area contributed by atoms with Crippen LogP contribution in [0.25, 0.3) is 0 Å². The molecule has 0 saturated carbocycles. The van der Waals surface area contributed by atoms with Crippen molar-refractivity contribution >= 4 is 27.4 Å². The van der Waals surface area contributed by atoms with Gasteiger partial charge in [0.25, 0.3) is 0 Å². The molecule has 0 bridgehead atoms. The Morgan fingerprint density at radius 3 is 2.19 bits per heavy atom. The molecule has 7 heteroatoms. The fourth-order valence-electron chi connectivity index (χ4n) is 2.58. The van der Waals surface area contributed by atoms with E-state index in [0.717, 1.165) is 5.56 Å². The summed E-state index contributed by atoms with van der Waals surface area (Å²) in [5.74, 6) is -1.34. The Morgan fingerprint density at radius 1 is 1.04 bits per heavy atom. The van der Waals surface area contributed by atoms with Gasteiger partial charge in [-0.2, -0.15) is 0 Å². The summed E-state index contributed by atoms with van der Waals surface area (Å²) in [6.45, 7) is 5.07. The first-order valence-electron chi connectivity index (χ1n) is 8.10. The standard InChI is InChI=1S/C19H21NO5S/c1-4-26(24,25)15-7-5-14(6-8-15)10-18(21)20-17-11-16(19(22)23)12(2)9-13(17)3/h5-9,11H,4,10H2,1-3H3,(H,20,21)(H,22,23). The molecule has 0 saturated heterocycles. The van der Waals surface area contributed by atoms with Crippen molar-refractivity contribution in [3.8, 4) is 0 Å². The van der Waals surface area contributed by atoms with Gasteiger partial charge in [0.15, 0.2) is 9.84 Å². The Hall–Kier alpha value is -2.67. The zero-order chi connectivity index (χ0) is 19.5. The van der Waals surface area contributed by atoms with Gasteiger partial charge in [-0.1, -0.05) is 25.1 Å². The van der Waals surface area contributed by atoms with Crippen LogP contribution in [-0.4, -0.2) is 31.2 Å². The summed E-state index contributed by atoms with van der Waals surface area (Å²) in [7, 11) is -3.27. The summed E-state index contributed by atoms with van der Waals surface area (Å²) in [5.41, 5.74) is 2.65. The summed E-state index contributed by atoms with van der Waals surface area (Å²) in [5, 5.41) is 11.9. The molecular formula is C19H21NO5S. The first kappa shape index (κ1) is 19.7. The second-order valence-electron chi connectivity index (χ2n) is 6.06. The second-order valence-corrected chi connectivity index (χ2v) is 8.34. The number of benzene rings is 2. The predicted octanol–water partition coefficient (Wildman–Crippen LogP) is 2.98. The first-order valence-corrected chi connectivity index (χ1v) is 9.75. The molecule has 0 aliphatic rings. The maximum Gasteiger partial charge on any atom is 0.336 e. The van der Waals surface area contributed by atoms with Crippen LogP contribution in [0.3, 0.4) is 0 Å². The Bertz CT molecular complexity index is 947. The molecule has 0 aromatic heterocycles. The maximum absolute atomic E-state index is 12.3. The lowest BCUT2D eigenvalue weighted by Crippen LogP contribution is -2.16. The zero-order valence-corrected chi connectivity index (χ0v) is 15.7. The van der Waals surface area contributed by atoms with Gasteiger partial charge in [-0.05, 0) is 48.7 Å². The minimum Gasteiger partial charge on any atom is -0.478 e. The molecule has 0 radical (unpaired) electrons. The van der Waals surface area contributed by atoms with E-state index in [4.69, 9.17) is 0 Å². The lowest BCUT2D eigenvalue weighted by Gasteiger charge is -2.12. The highest BCUT2D eigenvalue weighted by molar-refractivity contribution is 7.91. The molecule has 2 aromatic rings. The number of sulfone groups is 1. The minimum atomic E-state index is -3.27. The summed E-state index contributed by atoms with van der Waals surface area (Å²) in [4.78, 5) is 23.7. The van der Waals surface area contributed by atoms with Gasteiger partial charge in [0, 0.05) is 5.69 Å². The quantitative estimate of drug-likeness (QED) is 0.808. The number of anilines is 1. The van der Waals surface area contributed by atoms with Crippen LogP contribution in [0.2, 0.25) is 0 Å². The molecule has 0 aliphatic carbocycles. The number of carboxylic acid groups (broad SMARTS) is 1. The predicted molar refractivity (Wildman–Crippen MR) is 99.4 cm³/mol. The van der Waals surface area contributed by atoms with Crippen molar-refractivity contribution in [2.75, 3.05) is 11.1 Å². The third kappa shape index (κ3) is 4.49. The van der Waals surface area contributed by atoms with Crippen LogP contribution in [0.5, 0.6) is 0 Å². The van der Waals surface area contributed by atoms with Gasteiger partial charge in [-0.15, -0.1) is 0 Å². The fourth-order valence-corrected chi connectivity index (χ4v) is 3.46. The third-order valence-electron chi connectivity index (χ3n) is 4.10. The largest absolute Gasteiger partial charge is 0.478 e. The number of hydrogen-bond donors (Lipinski definition) is 2. The Morgan fingerprint density at radius 2 is 1.65 bits per heavy atom. The number of carbonyl (C=O) groups is 2. The van der Waals surface area contributed by atoms with Crippen molar-refractivity contribution in [3.05, 3.63) is 58.7 Å². The van der Waals surface area contributed by atoms with Crippen LogP contribution < -0.4 is 5.32 Å². The van der Waals surface area contributed by atoms with E-state index in [9.17, 15) is 23.1 Å². The number of carbonyl (C=O) groups excluding carboxylic acids is 1. The average molecular weight is 375 g/mol. The lowest BCUT2D eigenvalue weighted by atomic mass is 10.0. The van der Waals surface area contributed by atoms with Crippen molar-refractivity contribution in [3.63, 3.8) is 0 Å². The van der Waals surface area contributed by atoms with E-state index in [0.29, 0.717) is 16.8 Å². The number of aryl methyl sites for hydroxylation is 2. The Labute approximate surface area is 152 Å². The molecule has 0 unspecified atom stereocenters. The molecule has 2 N–H and O–H groups in total. The van der Waals surface area contributed by atoms with E-state index in [2.05, 4.69) is 5.32 Å². The normalized spacial score (nSPS) is 11.2. The zero-order valence-electron chi connectivity index (χ0n) is 14.9. The number of amides is 1. The molecule has 0 fully saturated rings. The SMILES string of the molecule is CCS(=O)(=O)c1ccc(CC(=O)Nc2cc(C(=O)O)c(C)cc2C)cc1. The molecule has 0 spiro atoms. The van der Waals surface area contributed by atoms with Crippen molar-refractivity contribution in [1.82, 2.24) is 0 Å². The van der Waals surface area contributed by atoms with Crippen LogP contribution in [0.1, 0.15) is 34.0 Å². The van der Waals surface area contributed by atoms with Gasteiger partial charge in [0.1, 0.15) is 0 Å². The first-order chi connectivity index (χ1) is 12.1. The molecule has 0 heterocycles. The maximum atomic E-state index is 12.3. The topological polar surface area (TPSA) is 101 Å². The third-order valence-corrected chi connectivity index (χ3v) is 5.85. The number of hydrogen-bond acceptors (Lipinski definition) is 4. The summed E-state index contributed by atoms with van der Waals surface area (Å²) >= 11 is 0. The van der Waals surface area contributed by atoms with E-state index in [1.807, 2.05) is 0 Å². The lowest BCUT2D eigenvalue weighted by molar-refractivity contribution is -0.115. The van der Waals surface area contributed by atoms with E-state index in [-0.39, 0.29) is 28.5 Å². The van der Waals surface area contributed by atoms with Gasteiger partial charge in [0.05, 0.1) is 22.6 Å². The molecule has 1 amide bonds. The molecule has 2 aromatic carbocycles.